The van der Waals surface area contributed by atoms with Gasteiger partial charge in [0.15, 0.2) is 0 Å². The van der Waals surface area contributed by atoms with E-state index in [0.717, 1.165) is 42.2 Å². The van der Waals surface area contributed by atoms with Crippen LogP contribution >= 0.6 is 11.3 Å². The van der Waals surface area contributed by atoms with Crippen molar-refractivity contribution in [1.29, 1.82) is 0 Å². The molecule has 0 unspecified atom stereocenters. The summed E-state index contributed by atoms with van der Waals surface area (Å²) in [6, 6.07) is 5.32. The van der Waals surface area contributed by atoms with Crippen LogP contribution in [0.25, 0.3) is 0 Å². The van der Waals surface area contributed by atoms with Gasteiger partial charge in [0.25, 0.3) is 5.91 Å². The van der Waals surface area contributed by atoms with Crippen LogP contribution < -0.4 is 10.2 Å². The minimum absolute atomic E-state index is 0.0631. The van der Waals surface area contributed by atoms with Crippen LogP contribution in [0.15, 0.2) is 18.2 Å². The molecule has 4 rings (SSSR count). The molecule has 0 spiro atoms. The fourth-order valence-electron chi connectivity index (χ4n) is 3.92. The Hall–Kier alpha value is -2.45. The van der Waals surface area contributed by atoms with Crippen LogP contribution in [-0.2, 0) is 17.6 Å². The highest BCUT2D eigenvalue weighted by atomic mass is 32.1. The summed E-state index contributed by atoms with van der Waals surface area (Å²) >= 11 is 1.38. The fraction of sp³-hybridized carbons (Fsp3) is 0.476. The number of ether oxygens (including phenoxy) is 1. The van der Waals surface area contributed by atoms with Gasteiger partial charge < -0.3 is 20.1 Å². The van der Waals surface area contributed by atoms with Crippen LogP contribution in [0.3, 0.4) is 0 Å². The molecule has 0 saturated carbocycles. The number of carboxylic acid groups (broad SMARTS) is 1. The second-order valence-corrected chi connectivity index (χ2v) is 9.39. The van der Waals surface area contributed by atoms with Crippen molar-refractivity contribution in [2.75, 3.05) is 36.5 Å². The summed E-state index contributed by atoms with van der Waals surface area (Å²) in [5, 5.41) is 13.0. The molecule has 1 aliphatic carbocycles. The van der Waals surface area contributed by atoms with Gasteiger partial charge in [0.05, 0.1) is 18.8 Å². The standard InChI is InChI=1S/C21H25N3O4S/c1-21(2)7-6-15-13(12-21)17(20(26)27)19(29-15)23-18(25)14-4-3-5-16(22-14)24-8-10-28-11-9-24/h3-5H,6-12H2,1-2H3,(H,23,25)(H,26,27). The molecule has 1 aliphatic heterocycles. The number of fused-ring (bicyclic) bond motifs is 1. The first kappa shape index (κ1) is 19.8. The molecule has 3 heterocycles. The van der Waals surface area contributed by atoms with Crippen LogP contribution in [0.4, 0.5) is 10.8 Å². The van der Waals surface area contributed by atoms with E-state index < -0.39 is 5.97 Å². The molecule has 7 nitrogen and oxygen atoms in total. The summed E-state index contributed by atoms with van der Waals surface area (Å²) in [6.45, 7) is 7.04. The van der Waals surface area contributed by atoms with E-state index in [-0.39, 0.29) is 22.6 Å². The fourth-order valence-corrected chi connectivity index (χ4v) is 5.12. The van der Waals surface area contributed by atoms with Crippen molar-refractivity contribution < 1.29 is 19.4 Å². The van der Waals surface area contributed by atoms with Crippen molar-refractivity contribution >= 4 is 34.0 Å². The molecule has 0 atom stereocenters. The normalized spacial score (nSPS) is 18.2. The molecule has 2 aliphatic rings. The number of carbonyl (C=O) groups excluding carboxylic acids is 1. The number of aromatic carboxylic acids is 1. The van der Waals surface area contributed by atoms with Crippen molar-refractivity contribution in [2.24, 2.45) is 5.41 Å². The zero-order valence-electron chi connectivity index (χ0n) is 16.7. The molecule has 2 aromatic heterocycles. The largest absolute Gasteiger partial charge is 0.478 e. The van der Waals surface area contributed by atoms with Crippen molar-refractivity contribution in [3.63, 3.8) is 0 Å². The van der Waals surface area contributed by atoms with Gasteiger partial charge >= 0.3 is 5.97 Å². The third kappa shape index (κ3) is 4.13. The first-order valence-electron chi connectivity index (χ1n) is 9.83. The first-order chi connectivity index (χ1) is 13.8. The highest BCUT2D eigenvalue weighted by molar-refractivity contribution is 7.17. The second-order valence-electron chi connectivity index (χ2n) is 8.29. The molecule has 0 aromatic carbocycles. The number of aryl methyl sites for hydroxylation is 1. The van der Waals surface area contributed by atoms with Crippen LogP contribution in [0.2, 0.25) is 0 Å². The third-order valence-electron chi connectivity index (χ3n) is 5.52. The molecule has 0 radical (unpaired) electrons. The Morgan fingerprint density at radius 2 is 2.03 bits per heavy atom. The Morgan fingerprint density at radius 1 is 1.28 bits per heavy atom. The minimum atomic E-state index is -0.995. The molecule has 29 heavy (non-hydrogen) atoms. The number of nitrogens with one attached hydrogen (secondary N) is 1. The minimum Gasteiger partial charge on any atom is -0.478 e. The summed E-state index contributed by atoms with van der Waals surface area (Å²) in [6.07, 6.45) is 2.56. The highest BCUT2D eigenvalue weighted by Crippen LogP contribution is 2.43. The Labute approximate surface area is 173 Å². The highest BCUT2D eigenvalue weighted by Gasteiger charge is 2.33. The molecule has 2 N–H and O–H groups in total. The topological polar surface area (TPSA) is 91.8 Å². The van der Waals surface area contributed by atoms with E-state index in [4.69, 9.17) is 4.74 Å². The van der Waals surface area contributed by atoms with Gasteiger partial charge in [-0.15, -0.1) is 11.3 Å². The Bertz CT molecular complexity index is 947. The Balaban J connectivity index is 1.59. The number of rotatable bonds is 4. The van der Waals surface area contributed by atoms with E-state index in [0.29, 0.717) is 24.6 Å². The maximum absolute atomic E-state index is 12.9. The molecule has 154 valence electrons. The second kappa shape index (κ2) is 7.76. The zero-order chi connectivity index (χ0) is 20.6. The molecular weight excluding hydrogens is 390 g/mol. The molecule has 1 amide bonds. The lowest BCUT2D eigenvalue weighted by molar-refractivity contribution is 0.0696. The van der Waals surface area contributed by atoms with E-state index >= 15 is 0 Å². The Kier molecular flexibility index (Phi) is 5.31. The monoisotopic (exact) mass is 415 g/mol. The maximum Gasteiger partial charge on any atom is 0.339 e. The van der Waals surface area contributed by atoms with Gasteiger partial charge in [0.2, 0.25) is 0 Å². The zero-order valence-corrected chi connectivity index (χ0v) is 17.5. The van der Waals surface area contributed by atoms with Crippen LogP contribution in [0, 0.1) is 5.41 Å². The van der Waals surface area contributed by atoms with Crippen molar-refractivity contribution in [3.8, 4) is 0 Å². The van der Waals surface area contributed by atoms with E-state index in [1.165, 1.54) is 11.3 Å². The van der Waals surface area contributed by atoms with Gasteiger partial charge in [-0.2, -0.15) is 0 Å². The summed E-state index contributed by atoms with van der Waals surface area (Å²) in [5.74, 6) is -0.655. The number of pyridine rings is 1. The van der Waals surface area contributed by atoms with Crippen molar-refractivity contribution in [2.45, 2.75) is 33.1 Å². The number of aromatic nitrogens is 1. The first-order valence-corrected chi connectivity index (χ1v) is 10.6. The van der Waals surface area contributed by atoms with Gasteiger partial charge in [0.1, 0.15) is 16.5 Å². The summed E-state index contributed by atoms with van der Waals surface area (Å²) in [5.41, 5.74) is 1.43. The molecule has 2 aromatic rings. The summed E-state index contributed by atoms with van der Waals surface area (Å²) in [4.78, 5) is 32.5. The SMILES string of the molecule is CC1(C)CCc2sc(NC(=O)c3cccc(N4CCOCC4)n3)c(C(=O)O)c2C1. The smallest absolute Gasteiger partial charge is 0.339 e. The predicted octanol–water partition coefficient (Wildman–Crippen LogP) is 3.45. The Morgan fingerprint density at radius 3 is 2.76 bits per heavy atom. The lowest BCUT2D eigenvalue weighted by atomic mass is 9.76. The number of thiophene rings is 1. The van der Waals surface area contributed by atoms with E-state index in [1.54, 1.807) is 12.1 Å². The van der Waals surface area contributed by atoms with E-state index in [2.05, 4.69) is 29.0 Å². The van der Waals surface area contributed by atoms with Crippen LogP contribution in [0.1, 0.15) is 51.6 Å². The lowest BCUT2D eigenvalue weighted by Crippen LogP contribution is -2.37. The van der Waals surface area contributed by atoms with Gasteiger partial charge in [-0.05, 0) is 42.4 Å². The lowest BCUT2D eigenvalue weighted by Gasteiger charge is -2.29. The molecule has 8 heteroatoms. The number of hydrogen-bond donors (Lipinski definition) is 2. The number of anilines is 2. The number of morpholine rings is 1. The van der Waals surface area contributed by atoms with Crippen LogP contribution in [0.5, 0.6) is 0 Å². The number of hydrogen-bond acceptors (Lipinski definition) is 6. The summed E-state index contributed by atoms with van der Waals surface area (Å²) in [7, 11) is 0. The molecule has 0 bridgehead atoms. The van der Waals surface area contributed by atoms with Gasteiger partial charge in [-0.1, -0.05) is 19.9 Å². The van der Waals surface area contributed by atoms with Crippen molar-refractivity contribution in [3.05, 3.63) is 39.9 Å². The number of amides is 1. The average Bonchev–Trinajstić information content (AvgIpc) is 3.04. The van der Waals surface area contributed by atoms with Gasteiger partial charge in [-0.25, -0.2) is 9.78 Å². The van der Waals surface area contributed by atoms with E-state index in [9.17, 15) is 14.7 Å². The molecule has 1 saturated heterocycles. The predicted molar refractivity (Wildman–Crippen MR) is 112 cm³/mol. The average molecular weight is 416 g/mol. The number of carboxylic acids is 1. The summed E-state index contributed by atoms with van der Waals surface area (Å²) < 4.78 is 5.36. The third-order valence-corrected chi connectivity index (χ3v) is 6.73. The quantitative estimate of drug-likeness (QED) is 0.795. The van der Waals surface area contributed by atoms with Crippen LogP contribution in [-0.4, -0.2) is 48.3 Å². The molecule has 1 fully saturated rings. The van der Waals surface area contributed by atoms with Crippen molar-refractivity contribution in [1.82, 2.24) is 4.98 Å². The maximum atomic E-state index is 12.9. The van der Waals surface area contributed by atoms with Gasteiger partial charge in [0, 0.05) is 18.0 Å². The van der Waals surface area contributed by atoms with Gasteiger partial charge in [-0.3, -0.25) is 4.79 Å². The number of carbonyl (C=O) groups is 2. The number of nitrogens with zero attached hydrogens (tertiary/aromatic N) is 2. The molecular formula is C21H25N3O4S. The van der Waals surface area contributed by atoms with E-state index in [1.807, 2.05) is 6.07 Å².